The molecule has 0 radical (unpaired) electrons. The van der Waals surface area contributed by atoms with E-state index >= 15 is 0 Å². The zero-order valence-corrected chi connectivity index (χ0v) is 14.6. The van der Waals surface area contributed by atoms with Crippen molar-refractivity contribution in [2.24, 2.45) is 0 Å². The lowest BCUT2D eigenvalue weighted by Crippen LogP contribution is -2.24. The second kappa shape index (κ2) is 6.33. The van der Waals surface area contributed by atoms with E-state index in [0.717, 1.165) is 12.1 Å². The van der Waals surface area contributed by atoms with Crippen LogP contribution < -0.4 is 0 Å². The van der Waals surface area contributed by atoms with Crippen molar-refractivity contribution < 1.29 is 9.18 Å². The molecule has 6 nitrogen and oxygen atoms in total. The van der Waals surface area contributed by atoms with Gasteiger partial charge in [0.25, 0.3) is 5.91 Å². The maximum atomic E-state index is 14.1. The van der Waals surface area contributed by atoms with Gasteiger partial charge < -0.3 is 4.90 Å². The van der Waals surface area contributed by atoms with Gasteiger partial charge in [-0.05, 0) is 37.6 Å². The van der Waals surface area contributed by atoms with Crippen LogP contribution in [-0.2, 0) is 6.54 Å². The highest BCUT2D eigenvalue weighted by Crippen LogP contribution is 2.27. The van der Waals surface area contributed by atoms with Crippen molar-refractivity contribution in [3.63, 3.8) is 0 Å². The molecule has 2 aromatic heterocycles. The average Bonchev–Trinajstić information content (AvgIpc) is 3.16. The number of hydrogen-bond acceptors (Lipinski definition) is 4. The van der Waals surface area contributed by atoms with Crippen LogP contribution in [0, 0.1) is 12.7 Å². The lowest BCUT2D eigenvalue weighted by Gasteiger charge is -2.12. The number of pyridine rings is 1. The normalized spacial score (nSPS) is 13.3. The summed E-state index contributed by atoms with van der Waals surface area (Å²) in [6, 6.07) is 9.98. The lowest BCUT2D eigenvalue weighted by molar-refractivity contribution is 0.0778. The Morgan fingerprint density at radius 3 is 2.77 bits per heavy atom. The van der Waals surface area contributed by atoms with E-state index in [-0.39, 0.29) is 11.7 Å². The van der Waals surface area contributed by atoms with Gasteiger partial charge in [0.2, 0.25) is 0 Å². The lowest BCUT2D eigenvalue weighted by atomic mass is 10.1. The van der Waals surface area contributed by atoms with E-state index in [1.54, 1.807) is 35.2 Å². The van der Waals surface area contributed by atoms with E-state index < -0.39 is 0 Å². The molecule has 4 rings (SSSR count). The van der Waals surface area contributed by atoms with Crippen molar-refractivity contribution in [3.05, 3.63) is 59.2 Å². The molecule has 0 saturated heterocycles. The van der Waals surface area contributed by atoms with Crippen LogP contribution in [0.15, 0.2) is 36.4 Å². The van der Waals surface area contributed by atoms with Crippen LogP contribution in [0.4, 0.5) is 4.39 Å². The topological polar surface area (TPSA) is 63.9 Å². The summed E-state index contributed by atoms with van der Waals surface area (Å²) in [4.78, 5) is 18.8. The first-order valence-corrected chi connectivity index (χ1v) is 8.57. The molecule has 1 aromatic carbocycles. The maximum absolute atomic E-state index is 14.1. The fourth-order valence-corrected chi connectivity index (χ4v) is 3.24. The number of hydrogen-bond donors (Lipinski definition) is 0. The zero-order chi connectivity index (χ0) is 18.3. The van der Waals surface area contributed by atoms with Crippen molar-refractivity contribution in [2.45, 2.75) is 26.8 Å². The first-order valence-electron chi connectivity index (χ1n) is 8.57. The van der Waals surface area contributed by atoms with Crippen molar-refractivity contribution in [1.29, 1.82) is 0 Å². The summed E-state index contributed by atoms with van der Waals surface area (Å²) in [5.41, 5.74) is 3.64. The molecule has 0 aliphatic carbocycles. The fraction of sp³-hybridized carbons (Fsp3) is 0.263. The Morgan fingerprint density at radius 1 is 1.19 bits per heavy atom. The first-order chi connectivity index (χ1) is 12.6. The molecule has 3 heterocycles. The summed E-state index contributed by atoms with van der Waals surface area (Å²) in [5, 5.41) is 8.27. The summed E-state index contributed by atoms with van der Waals surface area (Å²) >= 11 is 0. The van der Waals surface area contributed by atoms with Crippen molar-refractivity contribution in [2.75, 3.05) is 6.54 Å². The van der Waals surface area contributed by atoms with E-state index in [1.165, 1.54) is 10.7 Å². The number of benzene rings is 1. The molecule has 1 aliphatic heterocycles. The summed E-state index contributed by atoms with van der Waals surface area (Å²) in [6.45, 7) is 5.09. The van der Waals surface area contributed by atoms with Crippen molar-refractivity contribution >= 4 is 5.91 Å². The molecule has 0 N–H and O–H groups in total. The minimum atomic E-state index is -0.366. The number of halogens is 1. The third-order valence-electron chi connectivity index (χ3n) is 4.54. The van der Waals surface area contributed by atoms with Gasteiger partial charge in [0.15, 0.2) is 0 Å². The second-order valence-corrected chi connectivity index (χ2v) is 6.30. The van der Waals surface area contributed by atoms with Crippen LogP contribution in [0.1, 0.15) is 35.1 Å². The van der Waals surface area contributed by atoms with Crippen molar-refractivity contribution in [3.8, 4) is 17.1 Å². The highest BCUT2D eigenvalue weighted by molar-refractivity contribution is 5.98. The van der Waals surface area contributed by atoms with Gasteiger partial charge in [-0.25, -0.2) is 14.1 Å². The van der Waals surface area contributed by atoms with Gasteiger partial charge in [-0.2, -0.15) is 0 Å². The fourth-order valence-electron chi connectivity index (χ4n) is 3.24. The molecule has 132 valence electrons. The van der Waals surface area contributed by atoms with Crippen LogP contribution in [0.25, 0.3) is 17.1 Å². The van der Waals surface area contributed by atoms with Gasteiger partial charge in [-0.15, -0.1) is 5.10 Å². The number of para-hydroxylation sites is 1. The Kier molecular flexibility index (Phi) is 3.99. The quantitative estimate of drug-likeness (QED) is 0.724. The van der Waals surface area contributed by atoms with Gasteiger partial charge in [-0.1, -0.05) is 24.3 Å². The molecular formula is C19H18FN5O. The smallest absolute Gasteiger partial charge is 0.256 e. The van der Waals surface area contributed by atoms with Gasteiger partial charge in [0.1, 0.15) is 17.2 Å². The standard InChI is InChI=1S/C19H18FN5O/c1-3-10-24-11-16-13(19(24)26)8-9-15(21-16)18-12(2)25(23-22-18)17-7-5-4-6-14(17)20/h4-9H,3,10-11H2,1-2H3. The molecule has 26 heavy (non-hydrogen) atoms. The maximum Gasteiger partial charge on any atom is 0.256 e. The molecule has 0 fully saturated rings. The third-order valence-corrected chi connectivity index (χ3v) is 4.54. The van der Waals surface area contributed by atoms with Crippen LogP contribution in [0.3, 0.4) is 0 Å². The van der Waals surface area contributed by atoms with Crippen LogP contribution in [0.2, 0.25) is 0 Å². The average molecular weight is 351 g/mol. The number of carbonyl (C=O) groups is 1. The highest BCUT2D eigenvalue weighted by atomic mass is 19.1. The van der Waals surface area contributed by atoms with Gasteiger partial charge in [-0.3, -0.25) is 4.79 Å². The van der Waals surface area contributed by atoms with E-state index in [9.17, 15) is 9.18 Å². The van der Waals surface area contributed by atoms with E-state index in [4.69, 9.17) is 0 Å². The molecule has 0 atom stereocenters. The highest BCUT2D eigenvalue weighted by Gasteiger charge is 2.28. The Hall–Kier alpha value is -3.09. The van der Waals surface area contributed by atoms with Crippen LogP contribution in [-0.4, -0.2) is 37.3 Å². The summed E-state index contributed by atoms with van der Waals surface area (Å²) in [6.07, 6.45) is 0.905. The van der Waals surface area contributed by atoms with Crippen LogP contribution in [0.5, 0.6) is 0 Å². The van der Waals surface area contributed by atoms with Gasteiger partial charge in [0, 0.05) is 6.54 Å². The molecule has 3 aromatic rings. The Labute approximate surface area is 150 Å². The van der Waals surface area contributed by atoms with E-state index in [2.05, 4.69) is 15.3 Å². The Morgan fingerprint density at radius 2 is 2.00 bits per heavy atom. The van der Waals surface area contributed by atoms with Gasteiger partial charge >= 0.3 is 0 Å². The zero-order valence-electron chi connectivity index (χ0n) is 14.6. The number of amides is 1. The third kappa shape index (κ3) is 2.56. The molecular weight excluding hydrogens is 333 g/mol. The van der Waals surface area contributed by atoms with Crippen LogP contribution >= 0.6 is 0 Å². The Balaban J connectivity index is 1.72. The summed E-state index contributed by atoms with van der Waals surface area (Å²) in [5.74, 6) is -0.345. The number of carbonyl (C=O) groups excluding carboxylic acids is 1. The number of fused-ring (bicyclic) bond motifs is 1. The first kappa shape index (κ1) is 16.4. The molecule has 1 aliphatic rings. The SMILES string of the molecule is CCCN1Cc2nc(-c3nnn(-c4ccccc4F)c3C)ccc2C1=O. The van der Waals surface area contributed by atoms with Crippen molar-refractivity contribution in [1.82, 2.24) is 24.9 Å². The largest absolute Gasteiger partial charge is 0.333 e. The molecule has 0 spiro atoms. The monoisotopic (exact) mass is 351 g/mol. The molecule has 0 saturated carbocycles. The molecule has 7 heteroatoms. The van der Waals surface area contributed by atoms with E-state index in [1.807, 2.05) is 13.8 Å². The molecule has 0 bridgehead atoms. The number of aromatic nitrogens is 4. The number of nitrogens with zero attached hydrogens (tertiary/aromatic N) is 5. The van der Waals surface area contributed by atoms with Gasteiger partial charge in [0.05, 0.1) is 29.2 Å². The van der Waals surface area contributed by atoms with E-state index in [0.29, 0.717) is 41.4 Å². The summed E-state index contributed by atoms with van der Waals surface area (Å²) < 4.78 is 15.5. The molecule has 0 unspecified atom stereocenters. The number of rotatable bonds is 4. The Bertz CT molecular complexity index is 997. The minimum absolute atomic E-state index is 0.0210. The minimum Gasteiger partial charge on any atom is -0.333 e. The second-order valence-electron chi connectivity index (χ2n) is 6.30. The molecule has 1 amide bonds. The predicted molar refractivity (Wildman–Crippen MR) is 94.3 cm³/mol. The summed E-state index contributed by atoms with van der Waals surface area (Å²) in [7, 11) is 0. The predicted octanol–water partition coefficient (Wildman–Crippen LogP) is 3.14.